The highest BCUT2D eigenvalue weighted by atomic mass is 32.2. The van der Waals surface area contributed by atoms with Crippen molar-refractivity contribution < 1.29 is 26.3 Å². The Labute approximate surface area is 194 Å². The molecule has 1 aromatic heterocycles. The largest absolute Gasteiger partial charge is 0.390 e. The van der Waals surface area contributed by atoms with Gasteiger partial charge in [-0.15, -0.1) is 0 Å². The number of anilines is 2. The van der Waals surface area contributed by atoms with E-state index in [4.69, 9.17) is 0 Å². The standard InChI is InChI=1S/C21H29FN4O5S2/c1-15(2)13-26(17-6-4-16(22)5-7-17)33(30,31)18-8-9-21(23-12-18)24-19-10-11-25(14-20(19)27)32(3,28)29/h4-9,12,15,19-20,27H,10-11,13-14H2,1-3H3,(H,23,24). The lowest BCUT2D eigenvalue weighted by molar-refractivity contribution is 0.0952. The number of rotatable bonds is 8. The van der Waals surface area contributed by atoms with Crippen LogP contribution in [-0.2, 0) is 20.0 Å². The minimum atomic E-state index is -3.95. The fraction of sp³-hybridized carbons (Fsp3) is 0.476. The van der Waals surface area contributed by atoms with Crippen molar-refractivity contribution >= 4 is 31.6 Å². The van der Waals surface area contributed by atoms with Gasteiger partial charge in [0.15, 0.2) is 0 Å². The number of aliphatic hydroxyl groups excluding tert-OH is 1. The molecule has 0 bridgehead atoms. The summed E-state index contributed by atoms with van der Waals surface area (Å²) in [7, 11) is -7.33. The Morgan fingerprint density at radius 1 is 1.18 bits per heavy atom. The molecule has 2 heterocycles. The molecule has 1 aromatic carbocycles. The van der Waals surface area contributed by atoms with E-state index >= 15 is 0 Å². The lowest BCUT2D eigenvalue weighted by Crippen LogP contribution is -2.51. The van der Waals surface area contributed by atoms with Gasteiger partial charge in [-0.3, -0.25) is 4.31 Å². The second-order valence-electron chi connectivity index (χ2n) is 8.51. The molecule has 0 amide bonds. The molecule has 9 nitrogen and oxygen atoms in total. The molecule has 0 radical (unpaired) electrons. The summed E-state index contributed by atoms with van der Waals surface area (Å²) in [5.74, 6) is -0.0664. The third-order valence-corrected chi connectivity index (χ3v) is 8.36. The average Bonchev–Trinajstić information content (AvgIpc) is 2.73. The van der Waals surface area contributed by atoms with Crippen LogP contribution in [0.25, 0.3) is 0 Å². The fourth-order valence-electron chi connectivity index (χ4n) is 3.59. The summed E-state index contributed by atoms with van der Waals surface area (Å²) in [5, 5.41) is 13.4. The first-order chi connectivity index (χ1) is 15.4. The number of aromatic nitrogens is 1. The lowest BCUT2D eigenvalue weighted by atomic mass is 10.0. The van der Waals surface area contributed by atoms with Gasteiger partial charge in [0.1, 0.15) is 16.5 Å². The summed E-state index contributed by atoms with van der Waals surface area (Å²) in [6.45, 7) is 4.22. The maximum atomic E-state index is 13.3. The van der Waals surface area contributed by atoms with Crippen molar-refractivity contribution in [1.82, 2.24) is 9.29 Å². The van der Waals surface area contributed by atoms with E-state index in [1.807, 2.05) is 13.8 Å². The van der Waals surface area contributed by atoms with Gasteiger partial charge in [0, 0.05) is 25.8 Å². The molecule has 0 saturated carbocycles. The van der Waals surface area contributed by atoms with Gasteiger partial charge in [-0.2, -0.15) is 4.31 Å². The van der Waals surface area contributed by atoms with Crippen LogP contribution in [0, 0.1) is 11.7 Å². The summed E-state index contributed by atoms with van der Waals surface area (Å²) in [6, 6.07) is 7.76. The van der Waals surface area contributed by atoms with Crippen LogP contribution in [0.3, 0.4) is 0 Å². The molecule has 2 atom stereocenters. The number of piperidine rings is 1. The normalized spacial score (nSPS) is 20.1. The van der Waals surface area contributed by atoms with Gasteiger partial charge >= 0.3 is 0 Å². The predicted octanol–water partition coefficient (Wildman–Crippen LogP) is 1.88. The molecule has 0 aliphatic carbocycles. The maximum absolute atomic E-state index is 13.3. The molecule has 33 heavy (non-hydrogen) atoms. The highest BCUT2D eigenvalue weighted by molar-refractivity contribution is 7.92. The van der Waals surface area contributed by atoms with Crippen LogP contribution >= 0.6 is 0 Å². The van der Waals surface area contributed by atoms with Gasteiger partial charge in [-0.1, -0.05) is 13.8 Å². The second-order valence-corrected chi connectivity index (χ2v) is 12.4. The van der Waals surface area contributed by atoms with Crippen molar-refractivity contribution in [2.24, 2.45) is 5.92 Å². The Morgan fingerprint density at radius 2 is 1.85 bits per heavy atom. The molecule has 1 fully saturated rings. The van der Waals surface area contributed by atoms with Gasteiger partial charge in [-0.05, 0) is 48.7 Å². The Morgan fingerprint density at radius 3 is 2.36 bits per heavy atom. The summed E-state index contributed by atoms with van der Waals surface area (Å²) in [5.41, 5.74) is 0.355. The second kappa shape index (κ2) is 9.92. The zero-order chi connectivity index (χ0) is 24.4. The van der Waals surface area contributed by atoms with E-state index in [2.05, 4.69) is 10.3 Å². The van der Waals surface area contributed by atoms with Crippen molar-refractivity contribution in [2.75, 3.05) is 35.5 Å². The third-order valence-electron chi connectivity index (χ3n) is 5.32. The van der Waals surface area contributed by atoms with Crippen LogP contribution in [0.5, 0.6) is 0 Å². The highest BCUT2D eigenvalue weighted by Crippen LogP contribution is 2.26. The Bertz CT molecular complexity index is 1160. The SMILES string of the molecule is CC(C)CN(c1ccc(F)cc1)S(=O)(=O)c1ccc(NC2CCN(S(C)(=O)=O)CC2O)nc1. The van der Waals surface area contributed by atoms with Gasteiger partial charge in [0.25, 0.3) is 10.0 Å². The predicted molar refractivity (Wildman–Crippen MR) is 124 cm³/mol. The smallest absolute Gasteiger partial charge is 0.265 e. The molecular formula is C21H29FN4O5S2. The molecule has 2 N–H and O–H groups in total. The van der Waals surface area contributed by atoms with Crippen molar-refractivity contribution in [2.45, 2.75) is 37.3 Å². The van der Waals surface area contributed by atoms with E-state index in [1.54, 1.807) is 0 Å². The molecular weight excluding hydrogens is 471 g/mol. The lowest BCUT2D eigenvalue weighted by Gasteiger charge is -2.35. The van der Waals surface area contributed by atoms with E-state index in [0.717, 1.165) is 6.26 Å². The number of benzene rings is 1. The molecule has 3 rings (SSSR count). The van der Waals surface area contributed by atoms with Crippen molar-refractivity contribution in [3.05, 3.63) is 48.4 Å². The van der Waals surface area contributed by atoms with Crippen molar-refractivity contribution in [3.63, 3.8) is 0 Å². The monoisotopic (exact) mass is 500 g/mol. The molecule has 12 heteroatoms. The number of sulfonamides is 2. The number of nitrogens with zero attached hydrogens (tertiary/aromatic N) is 3. The number of hydrogen-bond donors (Lipinski definition) is 2. The molecule has 2 unspecified atom stereocenters. The van der Waals surface area contributed by atoms with Crippen LogP contribution < -0.4 is 9.62 Å². The number of β-amino-alcohol motifs (C(OH)–C–C–N with tert-alkyl or cyclic N) is 1. The third kappa shape index (κ3) is 6.19. The van der Waals surface area contributed by atoms with Gasteiger partial charge in [0.05, 0.1) is 24.1 Å². The van der Waals surface area contributed by atoms with Gasteiger partial charge in [0.2, 0.25) is 10.0 Å². The van der Waals surface area contributed by atoms with Gasteiger partial charge in [-0.25, -0.2) is 26.2 Å². The summed E-state index contributed by atoms with van der Waals surface area (Å²) in [4.78, 5) is 4.17. The number of halogens is 1. The zero-order valence-electron chi connectivity index (χ0n) is 18.7. The fourth-order valence-corrected chi connectivity index (χ4v) is 6.02. The molecule has 1 saturated heterocycles. The van der Waals surface area contributed by atoms with Crippen LogP contribution in [0.4, 0.5) is 15.9 Å². The molecule has 1 aliphatic rings. The van der Waals surface area contributed by atoms with E-state index in [1.165, 1.54) is 51.2 Å². The number of aliphatic hydroxyl groups is 1. The van der Waals surface area contributed by atoms with E-state index < -0.39 is 38.0 Å². The first kappa shape index (κ1) is 25.3. The van der Waals surface area contributed by atoms with Crippen LogP contribution in [0.15, 0.2) is 47.5 Å². The van der Waals surface area contributed by atoms with Crippen LogP contribution in [-0.4, -0.2) is 69.3 Å². The average molecular weight is 501 g/mol. The molecule has 2 aromatic rings. The number of nitrogens with one attached hydrogen (secondary N) is 1. The van der Waals surface area contributed by atoms with Crippen LogP contribution in [0.2, 0.25) is 0 Å². The van der Waals surface area contributed by atoms with Crippen molar-refractivity contribution in [3.8, 4) is 0 Å². The Hall–Kier alpha value is -2.28. The summed E-state index contributed by atoms with van der Waals surface area (Å²) < 4.78 is 65.7. The summed E-state index contributed by atoms with van der Waals surface area (Å²) in [6.07, 6.45) is 1.77. The van der Waals surface area contributed by atoms with Gasteiger partial charge < -0.3 is 10.4 Å². The Kier molecular flexibility index (Phi) is 7.62. The minimum absolute atomic E-state index is 0.0227. The minimum Gasteiger partial charge on any atom is -0.390 e. The first-order valence-corrected chi connectivity index (χ1v) is 13.8. The molecule has 0 spiro atoms. The first-order valence-electron chi connectivity index (χ1n) is 10.5. The van der Waals surface area contributed by atoms with E-state index in [-0.39, 0.29) is 30.4 Å². The molecule has 1 aliphatic heterocycles. The molecule has 182 valence electrons. The van der Waals surface area contributed by atoms with E-state index in [0.29, 0.717) is 17.9 Å². The highest BCUT2D eigenvalue weighted by Gasteiger charge is 2.32. The number of hydrogen-bond acceptors (Lipinski definition) is 7. The topological polar surface area (TPSA) is 120 Å². The quantitative estimate of drug-likeness (QED) is 0.568. The number of pyridine rings is 1. The Balaban J connectivity index is 1.77. The van der Waals surface area contributed by atoms with E-state index in [9.17, 15) is 26.3 Å². The maximum Gasteiger partial charge on any atom is 0.265 e. The summed E-state index contributed by atoms with van der Waals surface area (Å²) >= 11 is 0. The van der Waals surface area contributed by atoms with Crippen LogP contribution in [0.1, 0.15) is 20.3 Å². The zero-order valence-corrected chi connectivity index (χ0v) is 20.4. The van der Waals surface area contributed by atoms with Crippen molar-refractivity contribution in [1.29, 1.82) is 0 Å².